The van der Waals surface area contributed by atoms with E-state index in [1.54, 1.807) is 27.6 Å². The van der Waals surface area contributed by atoms with Crippen LogP contribution in [-0.2, 0) is 4.79 Å². The van der Waals surface area contributed by atoms with Crippen molar-refractivity contribution in [3.05, 3.63) is 29.8 Å². The molecule has 4 rings (SSSR count). The predicted octanol–water partition coefficient (Wildman–Crippen LogP) is 0.597. The molecule has 0 radical (unpaired) electrons. The van der Waals surface area contributed by atoms with Crippen LogP contribution in [0.4, 0.5) is 5.69 Å². The molecule has 2 aromatic heterocycles. The first-order chi connectivity index (χ1) is 11.2. The van der Waals surface area contributed by atoms with E-state index in [0.29, 0.717) is 37.4 Å². The van der Waals surface area contributed by atoms with E-state index in [9.17, 15) is 9.59 Å². The van der Waals surface area contributed by atoms with Crippen molar-refractivity contribution in [2.75, 3.05) is 24.5 Å². The third-order valence-electron chi connectivity index (χ3n) is 4.48. The number of likely N-dealkylation sites (tertiary alicyclic amines) is 1. The van der Waals surface area contributed by atoms with Crippen molar-refractivity contribution in [3.8, 4) is 0 Å². The highest BCUT2D eigenvalue weighted by Gasteiger charge is 2.49. The van der Waals surface area contributed by atoms with E-state index >= 15 is 0 Å². The lowest BCUT2D eigenvalue weighted by atomic mass is 9.86. The van der Waals surface area contributed by atoms with Crippen LogP contribution in [0.15, 0.2) is 24.1 Å². The van der Waals surface area contributed by atoms with Gasteiger partial charge in [-0.2, -0.15) is 0 Å². The lowest BCUT2D eigenvalue weighted by Gasteiger charge is -2.23. The molecule has 0 aliphatic carbocycles. The zero-order valence-corrected chi connectivity index (χ0v) is 13.1. The Labute approximate surface area is 136 Å². The van der Waals surface area contributed by atoms with E-state index in [1.807, 2.05) is 0 Å². The zero-order chi connectivity index (χ0) is 15.9. The van der Waals surface area contributed by atoms with Gasteiger partial charge in [0.2, 0.25) is 5.91 Å². The molecule has 2 aliphatic heterocycles. The number of amides is 2. The Morgan fingerprint density at radius 3 is 2.83 bits per heavy atom. The summed E-state index contributed by atoms with van der Waals surface area (Å²) in [4.78, 5) is 36.2. The van der Waals surface area contributed by atoms with Crippen molar-refractivity contribution in [1.29, 1.82) is 0 Å². The summed E-state index contributed by atoms with van der Waals surface area (Å²) >= 11 is 1.16. The minimum Gasteiger partial charge on any atom is -0.337 e. The molecule has 0 saturated carbocycles. The summed E-state index contributed by atoms with van der Waals surface area (Å²) < 4.78 is 3.74. The molecular formula is C14H14N6O2S. The van der Waals surface area contributed by atoms with Gasteiger partial charge in [-0.15, -0.1) is 5.10 Å². The maximum Gasteiger partial charge on any atom is 0.275 e. The fraction of sp³-hybridized carbons (Fsp3) is 0.429. The molecule has 118 valence electrons. The Balaban J connectivity index is 1.51. The molecule has 1 unspecified atom stereocenters. The van der Waals surface area contributed by atoms with Gasteiger partial charge in [0.05, 0.1) is 18.1 Å². The van der Waals surface area contributed by atoms with Crippen LogP contribution >= 0.6 is 11.5 Å². The molecule has 2 saturated heterocycles. The highest BCUT2D eigenvalue weighted by atomic mass is 32.1. The normalized spacial score (nSPS) is 23.9. The number of nitrogens with zero attached hydrogens (tertiary/aromatic N) is 6. The van der Waals surface area contributed by atoms with Crippen molar-refractivity contribution in [2.24, 2.45) is 5.41 Å². The van der Waals surface area contributed by atoms with Crippen LogP contribution in [0, 0.1) is 5.41 Å². The van der Waals surface area contributed by atoms with E-state index in [4.69, 9.17) is 0 Å². The number of hydrogen-bond acceptors (Lipinski definition) is 7. The maximum atomic E-state index is 12.4. The number of rotatable bonds is 2. The average Bonchev–Trinajstić information content (AvgIpc) is 3.29. The zero-order valence-electron chi connectivity index (χ0n) is 12.3. The molecule has 4 heterocycles. The second kappa shape index (κ2) is 5.34. The summed E-state index contributed by atoms with van der Waals surface area (Å²) in [6, 6.07) is 0. The Morgan fingerprint density at radius 2 is 2.09 bits per heavy atom. The lowest BCUT2D eigenvalue weighted by molar-refractivity contribution is -0.117. The monoisotopic (exact) mass is 330 g/mol. The molecular weight excluding hydrogens is 316 g/mol. The van der Waals surface area contributed by atoms with Crippen LogP contribution in [-0.4, -0.2) is 55.9 Å². The molecule has 0 bridgehead atoms. The van der Waals surface area contributed by atoms with E-state index in [2.05, 4.69) is 19.6 Å². The van der Waals surface area contributed by atoms with Crippen LogP contribution in [0.3, 0.4) is 0 Å². The van der Waals surface area contributed by atoms with Gasteiger partial charge in [0, 0.05) is 36.9 Å². The maximum absolute atomic E-state index is 12.4. The highest BCUT2D eigenvalue weighted by Crippen LogP contribution is 2.41. The number of aromatic nitrogens is 4. The number of carbonyl (C=O) groups is 2. The van der Waals surface area contributed by atoms with Gasteiger partial charge < -0.3 is 9.80 Å². The van der Waals surface area contributed by atoms with Crippen LogP contribution in [0.1, 0.15) is 23.3 Å². The van der Waals surface area contributed by atoms with Crippen molar-refractivity contribution in [2.45, 2.75) is 12.8 Å². The molecule has 23 heavy (non-hydrogen) atoms. The summed E-state index contributed by atoms with van der Waals surface area (Å²) in [6.07, 6.45) is 5.98. The minimum atomic E-state index is -0.188. The summed E-state index contributed by atoms with van der Waals surface area (Å²) in [5.41, 5.74) is 0.902. The molecule has 8 nitrogen and oxygen atoms in total. The number of carbonyl (C=O) groups excluding carboxylic acids is 2. The average molecular weight is 330 g/mol. The largest absolute Gasteiger partial charge is 0.337 e. The predicted molar refractivity (Wildman–Crippen MR) is 81.9 cm³/mol. The third kappa shape index (κ3) is 2.46. The topological polar surface area (TPSA) is 92.2 Å². The highest BCUT2D eigenvalue weighted by molar-refractivity contribution is 7.03. The number of anilines is 1. The first kappa shape index (κ1) is 14.2. The van der Waals surface area contributed by atoms with Crippen molar-refractivity contribution < 1.29 is 9.59 Å². The lowest BCUT2D eigenvalue weighted by Crippen LogP contribution is -2.34. The second-order valence-corrected chi connectivity index (χ2v) is 6.63. The molecule has 1 atom stereocenters. The summed E-state index contributed by atoms with van der Waals surface area (Å²) in [7, 11) is 0. The SMILES string of the molecule is O=C(c1csnn1)N1CCC2(CC(=O)N(c3cncnc3)C2)C1. The van der Waals surface area contributed by atoms with E-state index in [-0.39, 0.29) is 17.2 Å². The molecule has 2 amide bonds. The molecule has 0 aromatic carbocycles. The first-order valence-electron chi connectivity index (χ1n) is 7.29. The summed E-state index contributed by atoms with van der Waals surface area (Å²) in [6.45, 7) is 1.81. The van der Waals surface area contributed by atoms with Crippen LogP contribution in [0.2, 0.25) is 0 Å². The number of hydrogen-bond donors (Lipinski definition) is 0. The van der Waals surface area contributed by atoms with Crippen molar-refractivity contribution >= 4 is 29.0 Å². The second-order valence-electron chi connectivity index (χ2n) is 6.02. The van der Waals surface area contributed by atoms with Gasteiger partial charge in [0.25, 0.3) is 5.91 Å². The smallest absolute Gasteiger partial charge is 0.275 e. The summed E-state index contributed by atoms with van der Waals surface area (Å²) in [5, 5.41) is 5.49. The van der Waals surface area contributed by atoms with Gasteiger partial charge in [0.15, 0.2) is 5.69 Å². The molecule has 2 aliphatic rings. The third-order valence-corrected chi connectivity index (χ3v) is 4.99. The van der Waals surface area contributed by atoms with E-state index < -0.39 is 0 Å². The Kier molecular flexibility index (Phi) is 3.29. The quantitative estimate of drug-likeness (QED) is 0.800. The summed E-state index contributed by atoms with van der Waals surface area (Å²) in [5.74, 6) is -0.0472. The van der Waals surface area contributed by atoms with Gasteiger partial charge in [-0.25, -0.2) is 9.97 Å². The van der Waals surface area contributed by atoms with Crippen LogP contribution in [0.25, 0.3) is 0 Å². The molecule has 2 fully saturated rings. The Morgan fingerprint density at radius 1 is 1.26 bits per heavy atom. The molecule has 1 spiro atoms. The van der Waals surface area contributed by atoms with Gasteiger partial charge in [0.1, 0.15) is 6.33 Å². The molecule has 9 heteroatoms. The van der Waals surface area contributed by atoms with Crippen molar-refractivity contribution in [3.63, 3.8) is 0 Å². The standard InChI is InChI=1S/C14H14N6O2S/c21-12-3-14(8-20(12)10-4-15-9-16-5-10)1-2-19(7-14)13(22)11-6-23-18-17-11/h4-6,9H,1-3,7-8H2. The fourth-order valence-electron chi connectivity index (χ4n) is 3.36. The van der Waals surface area contributed by atoms with Gasteiger partial charge in [-0.1, -0.05) is 4.49 Å². The van der Waals surface area contributed by atoms with Crippen LogP contribution < -0.4 is 4.90 Å². The van der Waals surface area contributed by atoms with Gasteiger partial charge in [-0.3, -0.25) is 9.59 Å². The van der Waals surface area contributed by atoms with Crippen molar-refractivity contribution in [1.82, 2.24) is 24.5 Å². The van der Waals surface area contributed by atoms with Gasteiger partial charge >= 0.3 is 0 Å². The van der Waals surface area contributed by atoms with Crippen LogP contribution in [0.5, 0.6) is 0 Å². The fourth-order valence-corrected chi connectivity index (χ4v) is 3.79. The Bertz CT molecular complexity index is 737. The molecule has 2 aromatic rings. The minimum absolute atomic E-state index is 0.0597. The Hall–Kier alpha value is -2.42. The van der Waals surface area contributed by atoms with E-state index in [0.717, 1.165) is 18.0 Å². The van der Waals surface area contributed by atoms with Gasteiger partial charge in [-0.05, 0) is 18.0 Å². The molecule has 0 N–H and O–H groups in total. The first-order valence-corrected chi connectivity index (χ1v) is 8.12. The van der Waals surface area contributed by atoms with E-state index in [1.165, 1.54) is 6.33 Å².